The Labute approximate surface area is 78.3 Å². The Morgan fingerprint density at radius 2 is 1.85 bits per heavy atom. The maximum atomic E-state index is 11.1. The molecule has 70 valence electrons. The number of carbonyl (C=O) groups excluding carboxylic acids is 1. The van der Waals surface area contributed by atoms with Crippen molar-refractivity contribution in [2.75, 3.05) is 0 Å². The lowest BCUT2D eigenvalue weighted by Crippen LogP contribution is -1.99. The molecule has 0 aromatic heterocycles. The van der Waals surface area contributed by atoms with Crippen LogP contribution in [0.2, 0.25) is 0 Å². The van der Waals surface area contributed by atoms with Gasteiger partial charge in [-0.25, -0.2) is 0 Å². The minimum absolute atomic E-state index is 0.0318. The molecule has 0 aromatic rings. The SMILES string of the molecule is C=C(O)C1=C(C(=C)C(C)=O)CCC1. The molecule has 2 nitrogen and oxygen atoms in total. The van der Waals surface area contributed by atoms with Gasteiger partial charge in [0.25, 0.3) is 0 Å². The molecular formula is C11H14O2. The average Bonchev–Trinajstić information content (AvgIpc) is 2.50. The highest BCUT2D eigenvalue weighted by atomic mass is 16.3. The maximum absolute atomic E-state index is 11.1. The number of aliphatic hydroxyl groups excluding tert-OH is 1. The lowest BCUT2D eigenvalue weighted by Gasteiger charge is -2.06. The molecule has 0 bridgehead atoms. The van der Waals surface area contributed by atoms with E-state index in [1.165, 1.54) is 6.92 Å². The standard InChI is InChI=1S/C11H14O2/c1-7(8(2)12)10-5-4-6-11(10)9(3)13/h13H,1,3-6H2,2H3. The third-order valence-corrected chi connectivity index (χ3v) is 2.36. The van der Waals surface area contributed by atoms with Gasteiger partial charge in [-0.2, -0.15) is 0 Å². The van der Waals surface area contributed by atoms with Crippen LogP contribution in [0.5, 0.6) is 0 Å². The van der Waals surface area contributed by atoms with E-state index in [-0.39, 0.29) is 11.5 Å². The van der Waals surface area contributed by atoms with Gasteiger partial charge in [-0.05, 0) is 37.3 Å². The molecule has 0 spiro atoms. The van der Waals surface area contributed by atoms with E-state index < -0.39 is 0 Å². The van der Waals surface area contributed by atoms with Gasteiger partial charge in [-0.1, -0.05) is 13.2 Å². The van der Waals surface area contributed by atoms with Crippen molar-refractivity contribution in [3.05, 3.63) is 35.6 Å². The molecule has 0 unspecified atom stereocenters. The Bertz CT molecular complexity index is 308. The molecular weight excluding hydrogens is 164 g/mol. The molecule has 0 aromatic carbocycles. The first-order chi connectivity index (χ1) is 6.04. The molecule has 0 radical (unpaired) electrons. The summed E-state index contributed by atoms with van der Waals surface area (Å²) < 4.78 is 0. The number of aliphatic hydroxyl groups is 1. The van der Waals surface area contributed by atoms with Crippen LogP contribution in [-0.2, 0) is 4.79 Å². The van der Waals surface area contributed by atoms with Crippen LogP contribution in [0, 0.1) is 0 Å². The minimum atomic E-state index is -0.0318. The highest BCUT2D eigenvalue weighted by molar-refractivity contribution is 5.97. The van der Waals surface area contributed by atoms with Crippen LogP contribution >= 0.6 is 0 Å². The number of allylic oxidation sites excluding steroid dienone is 3. The van der Waals surface area contributed by atoms with E-state index in [1.54, 1.807) is 0 Å². The molecule has 1 rings (SSSR count). The second kappa shape index (κ2) is 3.60. The van der Waals surface area contributed by atoms with Gasteiger partial charge in [0, 0.05) is 5.57 Å². The predicted molar refractivity (Wildman–Crippen MR) is 52.5 cm³/mol. The average molecular weight is 178 g/mol. The molecule has 1 aliphatic carbocycles. The van der Waals surface area contributed by atoms with E-state index in [1.807, 2.05) is 0 Å². The predicted octanol–water partition coefficient (Wildman–Crippen LogP) is 2.68. The van der Waals surface area contributed by atoms with Gasteiger partial charge in [-0.15, -0.1) is 0 Å². The first-order valence-electron chi connectivity index (χ1n) is 4.34. The van der Waals surface area contributed by atoms with Gasteiger partial charge in [0.05, 0.1) is 0 Å². The third-order valence-electron chi connectivity index (χ3n) is 2.36. The summed E-state index contributed by atoms with van der Waals surface area (Å²) in [7, 11) is 0. The monoisotopic (exact) mass is 178 g/mol. The van der Waals surface area contributed by atoms with Crippen LogP contribution in [0.4, 0.5) is 0 Å². The highest BCUT2D eigenvalue weighted by Gasteiger charge is 2.20. The molecule has 1 aliphatic rings. The molecule has 0 atom stereocenters. The fourth-order valence-electron chi connectivity index (χ4n) is 1.61. The maximum Gasteiger partial charge on any atom is 0.159 e. The van der Waals surface area contributed by atoms with E-state index in [0.29, 0.717) is 5.57 Å². The van der Waals surface area contributed by atoms with Crippen LogP contribution in [-0.4, -0.2) is 10.9 Å². The molecule has 13 heavy (non-hydrogen) atoms. The van der Waals surface area contributed by atoms with Crippen LogP contribution in [0.3, 0.4) is 0 Å². The topological polar surface area (TPSA) is 37.3 Å². The Morgan fingerprint density at radius 3 is 2.31 bits per heavy atom. The van der Waals surface area contributed by atoms with E-state index in [9.17, 15) is 9.90 Å². The zero-order valence-corrected chi connectivity index (χ0v) is 7.89. The Morgan fingerprint density at radius 1 is 1.31 bits per heavy atom. The van der Waals surface area contributed by atoms with E-state index >= 15 is 0 Å². The third kappa shape index (κ3) is 1.89. The number of hydrogen-bond acceptors (Lipinski definition) is 2. The minimum Gasteiger partial charge on any atom is -0.508 e. The van der Waals surface area contributed by atoms with Crippen molar-refractivity contribution in [1.29, 1.82) is 0 Å². The Hall–Kier alpha value is -1.31. The zero-order chi connectivity index (χ0) is 10.0. The van der Waals surface area contributed by atoms with Gasteiger partial charge in [0.15, 0.2) is 5.78 Å². The van der Waals surface area contributed by atoms with Crippen LogP contribution in [0.25, 0.3) is 0 Å². The van der Waals surface area contributed by atoms with Crippen LogP contribution in [0.15, 0.2) is 35.6 Å². The van der Waals surface area contributed by atoms with Crippen molar-refractivity contribution < 1.29 is 9.90 Å². The van der Waals surface area contributed by atoms with Crippen molar-refractivity contribution in [3.63, 3.8) is 0 Å². The largest absolute Gasteiger partial charge is 0.508 e. The van der Waals surface area contributed by atoms with Crippen molar-refractivity contribution in [3.8, 4) is 0 Å². The molecule has 0 fully saturated rings. The normalized spacial score (nSPS) is 16.1. The second-order valence-corrected chi connectivity index (χ2v) is 3.29. The van der Waals surface area contributed by atoms with Gasteiger partial charge in [0.2, 0.25) is 0 Å². The van der Waals surface area contributed by atoms with E-state index in [4.69, 9.17) is 0 Å². The summed E-state index contributed by atoms with van der Waals surface area (Å²) in [4.78, 5) is 11.1. The molecule has 0 heterocycles. The van der Waals surface area contributed by atoms with Crippen molar-refractivity contribution in [2.45, 2.75) is 26.2 Å². The highest BCUT2D eigenvalue weighted by Crippen LogP contribution is 2.33. The van der Waals surface area contributed by atoms with E-state index in [0.717, 1.165) is 30.4 Å². The first-order valence-corrected chi connectivity index (χ1v) is 4.34. The van der Waals surface area contributed by atoms with Crippen molar-refractivity contribution in [2.24, 2.45) is 0 Å². The van der Waals surface area contributed by atoms with Crippen LogP contribution < -0.4 is 0 Å². The van der Waals surface area contributed by atoms with Crippen molar-refractivity contribution >= 4 is 5.78 Å². The lowest BCUT2D eigenvalue weighted by molar-refractivity contribution is -0.113. The summed E-state index contributed by atoms with van der Waals surface area (Å²) in [5.74, 6) is 0.0468. The van der Waals surface area contributed by atoms with Gasteiger partial charge in [0.1, 0.15) is 5.76 Å². The number of ketones is 1. The number of Topliss-reactive ketones (excluding diaryl/α,β-unsaturated/α-hetero) is 1. The first kappa shape index (κ1) is 9.78. The van der Waals surface area contributed by atoms with Gasteiger partial charge in [-0.3, -0.25) is 4.79 Å². The molecule has 0 aliphatic heterocycles. The molecule has 0 amide bonds. The fourth-order valence-corrected chi connectivity index (χ4v) is 1.61. The molecule has 0 saturated carbocycles. The van der Waals surface area contributed by atoms with Crippen molar-refractivity contribution in [1.82, 2.24) is 0 Å². The zero-order valence-electron chi connectivity index (χ0n) is 7.89. The Kier molecular flexibility index (Phi) is 2.71. The summed E-state index contributed by atoms with van der Waals surface area (Å²) in [6.07, 6.45) is 2.60. The number of carbonyl (C=O) groups is 1. The molecule has 2 heteroatoms. The summed E-state index contributed by atoms with van der Waals surface area (Å²) >= 11 is 0. The smallest absolute Gasteiger partial charge is 0.159 e. The van der Waals surface area contributed by atoms with Gasteiger partial charge >= 0.3 is 0 Å². The summed E-state index contributed by atoms with van der Waals surface area (Å²) in [5, 5.41) is 9.25. The van der Waals surface area contributed by atoms with Gasteiger partial charge < -0.3 is 5.11 Å². The quantitative estimate of drug-likeness (QED) is 0.533. The fraction of sp³-hybridized carbons (Fsp3) is 0.364. The molecule has 0 saturated heterocycles. The molecule has 1 N–H and O–H groups in total. The number of rotatable bonds is 3. The summed E-state index contributed by atoms with van der Waals surface area (Å²) in [6.45, 7) is 8.68. The second-order valence-electron chi connectivity index (χ2n) is 3.29. The summed E-state index contributed by atoms with van der Waals surface area (Å²) in [5.41, 5.74) is 2.21. The summed E-state index contributed by atoms with van der Waals surface area (Å²) in [6, 6.07) is 0. The van der Waals surface area contributed by atoms with E-state index in [2.05, 4.69) is 13.2 Å². The Balaban J connectivity index is 3.01. The lowest BCUT2D eigenvalue weighted by atomic mass is 10.0. The van der Waals surface area contributed by atoms with Crippen LogP contribution in [0.1, 0.15) is 26.2 Å². The number of hydrogen-bond donors (Lipinski definition) is 1.